The molecule has 1 N–H and O–H groups in total. The quantitative estimate of drug-likeness (QED) is 0.866. The molecule has 2 aromatic rings. The number of fused-ring (bicyclic) bond motifs is 1. The van der Waals surface area contributed by atoms with Crippen LogP contribution in [0.4, 0.5) is 11.4 Å². The van der Waals surface area contributed by atoms with E-state index in [9.17, 15) is 4.79 Å². The fraction of sp³-hybridized carbons (Fsp3) is 0.409. The highest BCUT2D eigenvalue weighted by Gasteiger charge is 2.24. The van der Waals surface area contributed by atoms with Gasteiger partial charge in [0.2, 0.25) is 5.91 Å². The molecule has 0 saturated carbocycles. The molecule has 132 valence electrons. The topological polar surface area (TPSA) is 32.3 Å². The lowest BCUT2D eigenvalue weighted by Gasteiger charge is -2.36. The molecule has 0 radical (unpaired) electrons. The molecule has 0 aromatic heterocycles. The van der Waals surface area contributed by atoms with E-state index >= 15 is 0 Å². The highest BCUT2D eigenvalue weighted by Crippen LogP contribution is 2.30. The molecule has 0 fully saturated rings. The first-order valence-corrected chi connectivity index (χ1v) is 9.39. The maximum absolute atomic E-state index is 12.8. The van der Waals surface area contributed by atoms with Crippen molar-refractivity contribution in [2.24, 2.45) is 0 Å². The van der Waals surface area contributed by atoms with E-state index in [1.807, 2.05) is 0 Å². The van der Waals surface area contributed by atoms with Crippen LogP contribution in [0.3, 0.4) is 0 Å². The van der Waals surface area contributed by atoms with Crippen molar-refractivity contribution in [3.05, 3.63) is 59.2 Å². The van der Waals surface area contributed by atoms with Crippen LogP contribution in [0.15, 0.2) is 42.5 Å². The van der Waals surface area contributed by atoms with Crippen LogP contribution in [0.2, 0.25) is 0 Å². The van der Waals surface area contributed by atoms with E-state index in [1.54, 1.807) is 0 Å². The van der Waals surface area contributed by atoms with E-state index < -0.39 is 0 Å². The minimum absolute atomic E-state index is 0.0687. The predicted octanol–water partition coefficient (Wildman–Crippen LogP) is 4.59. The van der Waals surface area contributed by atoms with Crippen LogP contribution in [0.1, 0.15) is 43.9 Å². The van der Waals surface area contributed by atoms with E-state index in [1.165, 1.54) is 22.4 Å². The van der Waals surface area contributed by atoms with E-state index in [-0.39, 0.29) is 5.91 Å². The molecule has 2 aromatic carbocycles. The van der Waals surface area contributed by atoms with Gasteiger partial charge in [0.05, 0.1) is 6.54 Å². The summed E-state index contributed by atoms with van der Waals surface area (Å²) in [5.41, 5.74) is 5.97. The number of aryl methyl sites for hydroxylation is 3. The lowest BCUT2D eigenvalue weighted by atomic mass is 9.96. The number of nitrogens with one attached hydrogen (secondary N) is 1. The largest absolute Gasteiger partial charge is 0.359 e. The third-order valence-corrected chi connectivity index (χ3v) is 5.24. The Kier molecular flexibility index (Phi) is 5.42. The number of nitrogens with zero attached hydrogens (tertiary/aromatic N) is 1. The number of rotatable bonds is 5. The summed E-state index contributed by atoms with van der Waals surface area (Å²) >= 11 is 0. The molecule has 0 bridgehead atoms. The molecule has 0 saturated heterocycles. The van der Waals surface area contributed by atoms with Crippen molar-refractivity contribution in [2.45, 2.75) is 52.5 Å². The zero-order valence-electron chi connectivity index (χ0n) is 15.5. The molecular weight excluding hydrogens is 308 g/mol. The Morgan fingerprint density at radius 1 is 1.08 bits per heavy atom. The van der Waals surface area contributed by atoms with Gasteiger partial charge < -0.3 is 10.2 Å². The van der Waals surface area contributed by atoms with Gasteiger partial charge in [-0.25, -0.2) is 0 Å². The average molecular weight is 336 g/mol. The molecule has 3 heteroatoms. The standard InChI is InChI=1S/C22H28N2O/c1-4-17-10-8-11-18(5-2)22(17)23-21(25)15-24-16(3)13-14-19-9-6-7-12-20(19)24/h6-12,16H,4-5,13-15H2,1-3H3,(H,23,25). The van der Waals surface area contributed by atoms with Crippen LogP contribution >= 0.6 is 0 Å². The molecule has 3 rings (SSSR count). The summed E-state index contributed by atoms with van der Waals surface area (Å²) in [5, 5.41) is 3.20. The zero-order valence-corrected chi connectivity index (χ0v) is 15.5. The van der Waals surface area contributed by atoms with Gasteiger partial charge in [-0.05, 0) is 55.4 Å². The van der Waals surface area contributed by atoms with Crippen molar-refractivity contribution >= 4 is 17.3 Å². The van der Waals surface area contributed by atoms with Crippen LogP contribution in [0, 0.1) is 0 Å². The first-order valence-electron chi connectivity index (χ1n) is 9.39. The van der Waals surface area contributed by atoms with Crippen LogP contribution in [0.25, 0.3) is 0 Å². The third kappa shape index (κ3) is 3.71. The molecule has 1 aliphatic rings. The SMILES string of the molecule is CCc1cccc(CC)c1NC(=O)CN1c2ccccc2CCC1C. The van der Waals surface area contributed by atoms with Gasteiger partial charge in [-0.3, -0.25) is 4.79 Å². The summed E-state index contributed by atoms with van der Waals surface area (Å²) in [6.07, 6.45) is 4.03. The molecule has 1 amide bonds. The highest BCUT2D eigenvalue weighted by molar-refractivity contribution is 5.95. The highest BCUT2D eigenvalue weighted by atomic mass is 16.2. The second-order valence-corrected chi connectivity index (χ2v) is 6.85. The Balaban J connectivity index is 1.80. The summed E-state index contributed by atoms with van der Waals surface area (Å²) in [6.45, 7) is 6.88. The number of para-hydroxylation sites is 2. The van der Waals surface area contributed by atoms with Crippen LogP contribution < -0.4 is 10.2 Å². The monoisotopic (exact) mass is 336 g/mol. The van der Waals surface area contributed by atoms with Gasteiger partial charge in [0, 0.05) is 17.4 Å². The summed E-state index contributed by atoms with van der Waals surface area (Å²) < 4.78 is 0. The fourth-order valence-corrected chi connectivity index (χ4v) is 3.74. The predicted molar refractivity (Wildman–Crippen MR) is 105 cm³/mol. The van der Waals surface area contributed by atoms with Gasteiger partial charge in [-0.1, -0.05) is 50.2 Å². The number of anilines is 2. The Morgan fingerprint density at radius 3 is 2.44 bits per heavy atom. The van der Waals surface area contributed by atoms with Crippen molar-refractivity contribution in [1.29, 1.82) is 0 Å². The smallest absolute Gasteiger partial charge is 0.243 e. The maximum Gasteiger partial charge on any atom is 0.243 e. The maximum atomic E-state index is 12.8. The first-order chi connectivity index (χ1) is 12.1. The molecule has 1 atom stereocenters. The molecular formula is C22H28N2O. The number of hydrogen-bond donors (Lipinski definition) is 1. The zero-order chi connectivity index (χ0) is 17.8. The van der Waals surface area contributed by atoms with E-state index in [2.05, 4.69) is 73.5 Å². The average Bonchev–Trinajstić information content (AvgIpc) is 2.64. The lowest BCUT2D eigenvalue weighted by molar-refractivity contribution is -0.115. The second-order valence-electron chi connectivity index (χ2n) is 6.85. The Hall–Kier alpha value is -2.29. The van der Waals surface area contributed by atoms with Crippen molar-refractivity contribution in [2.75, 3.05) is 16.8 Å². The molecule has 1 unspecified atom stereocenters. The van der Waals surface area contributed by atoms with Crippen molar-refractivity contribution in [3.8, 4) is 0 Å². The second kappa shape index (κ2) is 7.73. The van der Waals surface area contributed by atoms with Crippen molar-refractivity contribution < 1.29 is 4.79 Å². The summed E-state index contributed by atoms with van der Waals surface area (Å²) in [6, 6.07) is 15.1. The summed E-state index contributed by atoms with van der Waals surface area (Å²) in [5.74, 6) is 0.0687. The minimum Gasteiger partial charge on any atom is -0.359 e. The summed E-state index contributed by atoms with van der Waals surface area (Å²) in [7, 11) is 0. The van der Waals surface area contributed by atoms with Gasteiger partial charge in [-0.15, -0.1) is 0 Å². The van der Waals surface area contributed by atoms with Crippen LogP contribution in [0.5, 0.6) is 0 Å². The fourth-order valence-electron chi connectivity index (χ4n) is 3.74. The molecule has 3 nitrogen and oxygen atoms in total. The Morgan fingerprint density at radius 2 is 1.76 bits per heavy atom. The Bertz CT molecular complexity index is 731. The van der Waals surface area contributed by atoms with Gasteiger partial charge in [0.25, 0.3) is 0 Å². The van der Waals surface area contributed by atoms with E-state index in [4.69, 9.17) is 0 Å². The normalized spacial score (nSPS) is 16.4. The summed E-state index contributed by atoms with van der Waals surface area (Å²) in [4.78, 5) is 15.1. The number of hydrogen-bond acceptors (Lipinski definition) is 2. The lowest BCUT2D eigenvalue weighted by Crippen LogP contribution is -2.42. The number of benzene rings is 2. The van der Waals surface area contributed by atoms with E-state index in [0.717, 1.165) is 31.4 Å². The van der Waals surface area contributed by atoms with Gasteiger partial charge >= 0.3 is 0 Å². The van der Waals surface area contributed by atoms with Crippen LogP contribution in [-0.2, 0) is 24.1 Å². The number of amides is 1. The van der Waals surface area contributed by atoms with Crippen molar-refractivity contribution in [1.82, 2.24) is 0 Å². The molecule has 0 aliphatic carbocycles. The first kappa shape index (κ1) is 17.5. The van der Waals surface area contributed by atoms with Gasteiger partial charge in [0.15, 0.2) is 0 Å². The van der Waals surface area contributed by atoms with Gasteiger partial charge in [-0.2, -0.15) is 0 Å². The minimum atomic E-state index is 0.0687. The van der Waals surface area contributed by atoms with Gasteiger partial charge in [0.1, 0.15) is 0 Å². The molecule has 0 spiro atoms. The molecule has 25 heavy (non-hydrogen) atoms. The molecule has 1 heterocycles. The number of carbonyl (C=O) groups excluding carboxylic acids is 1. The van der Waals surface area contributed by atoms with Crippen LogP contribution in [-0.4, -0.2) is 18.5 Å². The van der Waals surface area contributed by atoms with E-state index in [0.29, 0.717) is 12.6 Å². The third-order valence-electron chi connectivity index (χ3n) is 5.24. The van der Waals surface area contributed by atoms with Crippen molar-refractivity contribution in [3.63, 3.8) is 0 Å². The Labute approximate surface area is 151 Å². The molecule has 1 aliphatic heterocycles. The number of carbonyl (C=O) groups is 1.